The molecule has 3 saturated carbocycles. The summed E-state index contributed by atoms with van der Waals surface area (Å²) in [7, 11) is 2.00. The van der Waals surface area contributed by atoms with Crippen LogP contribution < -0.4 is 0 Å². The highest BCUT2D eigenvalue weighted by molar-refractivity contribution is 5.88. The standard InChI is InChI=1S/C18H29NO2/c1-19(16-9-4-2-3-5-10-16)18(21)15-11-13-7-6-8-14(12-15)17(13)20/h13-16H,2-12H2,1H3/t13-,14+,15?. The second-order valence-electron chi connectivity index (χ2n) is 7.49. The first kappa shape index (κ1) is 15.1. The molecule has 0 N–H and O–H groups in total. The van der Waals surface area contributed by atoms with Crippen LogP contribution in [0.3, 0.4) is 0 Å². The van der Waals surface area contributed by atoms with Crippen molar-refractivity contribution in [1.82, 2.24) is 4.90 Å². The molecule has 3 rings (SSSR count). The second-order valence-corrected chi connectivity index (χ2v) is 7.49. The van der Waals surface area contributed by atoms with E-state index in [9.17, 15) is 9.59 Å². The van der Waals surface area contributed by atoms with Gasteiger partial charge in [-0.3, -0.25) is 9.59 Å². The Labute approximate surface area is 128 Å². The van der Waals surface area contributed by atoms with Gasteiger partial charge in [0.25, 0.3) is 0 Å². The summed E-state index contributed by atoms with van der Waals surface area (Å²) in [6.45, 7) is 0. The van der Waals surface area contributed by atoms with Crippen LogP contribution in [-0.4, -0.2) is 29.7 Å². The Morgan fingerprint density at radius 2 is 1.48 bits per heavy atom. The van der Waals surface area contributed by atoms with Crippen molar-refractivity contribution in [2.75, 3.05) is 7.05 Å². The van der Waals surface area contributed by atoms with Gasteiger partial charge in [-0.25, -0.2) is 0 Å². The Morgan fingerprint density at radius 1 is 0.905 bits per heavy atom. The lowest BCUT2D eigenvalue weighted by Gasteiger charge is -2.39. The number of rotatable bonds is 2. The molecule has 0 spiro atoms. The molecule has 3 fully saturated rings. The van der Waals surface area contributed by atoms with Crippen molar-refractivity contribution >= 4 is 11.7 Å². The molecule has 2 bridgehead atoms. The quantitative estimate of drug-likeness (QED) is 0.729. The average molecular weight is 291 g/mol. The number of ketones is 1. The van der Waals surface area contributed by atoms with Crippen LogP contribution in [0.4, 0.5) is 0 Å². The molecule has 118 valence electrons. The molecular weight excluding hydrogens is 262 g/mol. The fraction of sp³-hybridized carbons (Fsp3) is 0.889. The van der Waals surface area contributed by atoms with Crippen LogP contribution in [0.25, 0.3) is 0 Å². The van der Waals surface area contributed by atoms with E-state index in [0.717, 1.165) is 25.7 Å². The van der Waals surface area contributed by atoms with Crippen LogP contribution in [-0.2, 0) is 9.59 Å². The maximum atomic E-state index is 12.9. The molecule has 0 saturated heterocycles. The Kier molecular flexibility index (Phi) is 4.66. The van der Waals surface area contributed by atoms with Crippen LogP contribution in [0.1, 0.15) is 70.6 Å². The molecule has 3 atom stereocenters. The highest BCUT2D eigenvalue weighted by Crippen LogP contribution is 2.41. The van der Waals surface area contributed by atoms with Crippen molar-refractivity contribution in [2.45, 2.75) is 76.7 Å². The van der Waals surface area contributed by atoms with Crippen molar-refractivity contribution in [3.05, 3.63) is 0 Å². The van der Waals surface area contributed by atoms with Gasteiger partial charge in [0.2, 0.25) is 5.91 Å². The second kappa shape index (κ2) is 6.50. The first-order valence-electron chi connectivity index (χ1n) is 8.97. The SMILES string of the molecule is CN(C(=O)C1C[C@H]2CCC[C@@H](C1)C2=O)C1CCCCCC1. The van der Waals surface area contributed by atoms with Crippen LogP contribution in [0.2, 0.25) is 0 Å². The number of Topliss-reactive ketones (excluding diaryl/α,β-unsaturated/α-hetero) is 1. The number of fused-ring (bicyclic) bond motifs is 2. The summed E-state index contributed by atoms with van der Waals surface area (Å²) >= 11 is 0. The summed E-state index contributed by atoms with van der Waals surface area (Å²) in [4.78, 5) is 27.1. The maximum absolute atomic E-state index is 12.9. The van der Waals surface area contributed by atoms with E-state index in [1.807, 2.05) is 11.9 Å². The van der Waals surface area contributed by atoms with E-state index >= 15 is 0 Å². The number of hydrogen-bond donors (Lipinski definition) is 0. The minimum Gasteiger partial charge on any atom is -0.343 e. The molecule has 3 nitrogen and oxygen atoms in total. The summed E-state index contributed by atoms with van der Waals surface area (Å²) in [5, 5.41) is 0. The Bertz CT molecular complexity index is 382. The van der Waals surface area contributed by atoms with Gasteiger partial charge in [0, 0.05) is 30.8 Å². The largest absolute Gasteiger partial charge is 0.343 e. The highest BCUT2D eigenvalue weighted by Gasteiger charge is 2.42. The van der Waals surface area contributed by atoms with Crippen LogP contribution in [0.5, 0.6) is 0 Å². The third kappa shape index (κ3) is 3.17. The normalized spacial score (nSPS) is 34.3. The summed E-state index contributed by atoms with van der Waals surface area (Å²) in [6.07, 6.45) is 12.4. The fourth-order valence-corrected chi connectivity index (χ4v) is 4.79. The van der Waals surface area contributed by atoms with E-state index in [1.165, 1.54) is 44.9 Å². The molecule has 21 heavy (non-hydrogen) atoms. The number of amides is 1. The van der Waals surface area contributed by atoms with Crippen molar-refractivity contribution in [1.29, 1.82) is 0 Å². The smallest absolute Gasteiger partial charge is 0.225 e. The Morgan fingerprint density at radius 3 is 2.05 bits per heavy atom. The van der Waals surface area contributed by atoms with Gasteiger partial charge in [-0.05, 0) is 38.5 Å². The van der Waals surface area contributed by atoms with Crippen LogP contribution >= 0.6 is 0 Å². The molecule has 0 aliphatic heterocycles. The van der Waals surface area contributed by atoms with Gasteiger partial charge in [0.15, 0.2) is 0 Å². The number of carbonyl (C=O) groups excluding carboxylic acids is 2. The number of hydrogen-bond acceptors (Lipinski definition) is 2. The lowest BCUT2D eigenvalue weighted by molar-refractivity contribution is -0.143. The lowest BCUT2D eigenvalue weighted by atomic mass is 9.67. The van der Waals surface area contributed by atoms with Crippen molar-refractivity contribution in [3.8, 4) is 0 Å². The first-order valence-corrected chi connectivity index (χ1v) is 8.97. The minimum atomic E-state index is 0.117. The molecule has 3 aliphatic carbocycles. The number of nitrogens with zero attached hydrogens (tertiary/aromatic N) is 1. The third-order valence-electron chi connectivity index (χ3n) is 6.12. The van der Waals surface area contributed by atoms with Gasteiger partial charge in [0.05, 0.1) is 0 Å². The van der Waals surface area contributed by atoms with Gasteiger partial charge in [-0.2, -0.15) is 0 Å². The average Bonchev–Trinajstić information content (AvgIpc) is 2.74. The monoisotopic (exact) mass is 291 g/mol. The summed E-state index contributed by atoms with van der Waals surface area (Å²) in [5.41, 5.74) is 0. The van der Waals surface area contributed by atoms with Crippen molar-refractivity contribution in [2.24, 2.45) is 17.8 Å². The van der Waals surface area contributed by atoms with Gasteiger partial charge in [-0.1, -0.05) is 32.1 Å². The molecule has 0 aromatic carbocycles. The van der Waals surface area contributed by atoms with Crippen LogP contribution in [0, 0.1) is 17.8 Å². The zero-order valence-corrected chi connectivity index (χ0v) is 13.4. The zero-order valence-electron chi connectivity index (χ0n) is 13.4. The Balaban J connectivity index is 1.63. The van der Waals surface area contributed by atoms with Crippen molar-refractivity contribution < 1.29 is 9.59 Å². The predicted octanol–water partition coefficient (Wildman–Crippen LogP) is 3.56. The van der Waals surface area contributed by atoms with Crippen LogP contribution in [0.15, 0.2) is 0 Å². The topological polar surface area (TPSA) is 37.4 Å². The predicted molar refractivity (Wildman–Crippen MR) is 82.8 cm³/mol. The summed E-state index contributed by atoms with van der Waals surface area (Å²) in [5.74, 6) is 1.28. The molecule has 0 radical (unpaired) electrons. The molecule has 3 heteroatoms. The lowest BCUT2D eigenvalue weighted by Crippen LogP contribution is -2.46. The summed E-state index contributed by atoms with van der Waals surface area (Å²) < 4.78 is 0. The van der Waals surface area contributed by atoms with E-state index in [2.05, 4.69) is 0 Å². The van der Waals surface area contributed by atoms with Gasteiger partial charge in [0.1, 0.15) is 5.78 Å². The van der Waals surface area contributed by atoms with Gasteiger partial charge < -0.3 is 4.90 Å². The molecule has 1 amide bonds. The maximum Gasteiger partial charge on any atom is 0.225 e. The Hall–Kier alpha value is -0.860. The van der Waals surface area contributed by atoms with Gasteiger partial charge >= 0.3 is 0 Å². The van der Waals surface area contributed by atoms with Crippen molar-refractivity contribution in [3.63, 3.8) is 0 Å². The number of carbonyl (C=O) groups is 2. The minimum absolute atomic E-state index is 0.117. The fourth-order valence-electron chi connectivity index (χ4n) is 4.79. The molecule has 0 aromatic rings. The molecule has 0 heterocycles. The zero-order chi connectivity index (χ0) is 14.8. The van der Waals surface area contributed by atoms with E-state index in [-0.39, 0.29) is 17.8 Å². The highest BCUT2D eigenvalue weighted by atomic mass is 16.2. The van der Waals surface area contributed by atoms with E-state index in [4.69, 9.17) is 0 Å². The molecule has 3 aliphatic rings. The molecular formula is C18H29NO2. The van der Waals surface area contributed by atoms with E-state index < -0.39 is 0 Å². The molecule has 1 unspecified atom stereocenters. The summed E-state index contributed by atoms with van der Waals surface area (Å²) in [6, 6.07) is 0.442. The van der Waals surface area contributed by atoms with Gasteiger partial charge in [-0.15, -0.1) is 0 Å². The third-order valence-corrected chi connectivity index (χ3v) is 6.12. The van der Waals surface area contributed by atoms with E-state index in [0.29, 0.717) is 17.7 Å². The molecule has 0 aromatic heterocycles. The van der Waals surface area contributed by atoms with E-state index in [1.54, 1.807) is 0 Å². The first-order chi connectivity index (χ1) is 10.2.